The molecule has 0 unspecified atom stereocenters. The number of hydrogen-bond acceptors (Lipinski definition) is 6. The molecule has 222 valence electrons. The van der Waals surface area contributed by atoms with E-state index in [9.17, 15) is 18.0 Å². The fourth-order valence-electron chi connectivity index (χ4n) is 6.52. The highest BCUT2D eigenvalue weighted by Crippen LogP contribution is 2.41. The van der Waals surface area contributed by atoms with Gasteiger partial charge in [-0.3, -0.25) is 9.69 Å². The number of methoxy groups -OCH3 is 1. The summed E-state index contributed by atoms with van der Waals surface area (Å²) in [5.41, 5.74) is 3.18. The van der Waals surface area contributed by atoms with Crippen LogP contribution < -0.4 is 15.4 Å². The van der Waals surface area contributed by atoms with Crippen LogP contribution in [0.4, 0.5) is 24.5 Å². The second-order valence-corrected chi connectivity index (χ2v) is 11.7. The molecular weight excluding hydrogens is 545 g/mol. The van der Waals surface area contributed by atoms with Crippen LogP contribution in [0.3, 0.4) is 0 Å². The number of carbonyl (C=O) groups is 1. The minimum Gasteiger partial charge on any atom is -0.495 e. The largest absolute Gasteiger partial charge is 0.495 e. The minimum absolute atomic E-state index is 0.184. The third-order valence-corrected chi connectivity index (χ3v) is 8.69. The van der Waals surface area contributed by atoms with Crippen LogP contribution in [0.15, 0.2) is 42.5 Å². The molecule has 1 aromatic heterocycles. The lowest BCUT2D eigenvalue weighted by molar-refractivity contribution is -0.200. The van der Waals surface area contributed by atoms with Crippen LogP contribution in [0.25, 0.3) is 10.9 Å². The van der Waals surface area contributed by atoms with Crippen LogP contribution in [-0.4, -0.2) is 74.0 Å². The van der Waals surface area contributed by atoms with Crippen molar-refractivity contribution in [3.8, 4) is 17.6 Å². The first-order valence-corrected chi connectivity index (χ1v) is 14.4. The maximum absolute atomic E-state index is 13.6. The first-order chi connectivity index (χ1) is 20.3. The molecule has 10 heteroatoms. The molecule has 3 fully saturated rings. The van der Waals surface area contributed by atoms with E-state index in [0.717, 1.165) is 69.3 Å². The number of alkyl halides is 3. The van der Waals surface area contributed by atoms with E-state index in [0.29, 0.717) is 39.7 Å². The third kappa shape index (κ3) is 5.94. The summed E-state index contributed by atoms with van der Waals surface area (Å²) < 4.78 is 52.8. The topological polar surface area (TPSA) is 67.8 Å². The van der Waals surface area contributed by atoms with E-state index in [1.807, 2.05) is 6.07 Å². The van der Waals surface area contributed by atoms with Gasteiger partial charge < -0.3 is 24.7 Å². The van der Waals surface area contributed by atoms with E-state index in [1.54, 1.807) is 36.4 Å². The molecule has 2 N–H and O–H groups in total. The van der Waals surface area contributed by atoms with Gasteiger partial charge in [-0.15, -0.1) is 0 Å². The standard InChI is InChI=1S/C32H35F3N4O3/c1-41-30-14-22(16-40)7-12-28(30)36-13-3-4-25-15-26-27(5-2-6-29(26)39(25)19-32(33,34)35)37-23-8-10-24(11-9-23)38-17-31(18-38)20-42-21-31/h2,5-7,12,14-16,23-24,36-37H,8-11,13,17-21H2,1H3. The summed E-state index contributed by atoms with van der Waals surface area (Å²) in [5.74, 6) is 6.38. The quantitative estimate of drug-likeness (QED) is 0.269. The smallest absolute Gasteiger partial charge is 0.406 e. The van der Waals surface area contributed by atoms with Gasteiger partial charge in [0.05, 0.1) is 43.8 Å². The van der Waals surface area contributed by atoms with Crippen molar-refractivity contribution in [2.24, 2.45) is 5.41 Å². The fourth-order valence-corrected chi connectivity index (χ4v) is 6.52. The van der Waals surface area contributed by atoms with Crippen molar-refractivity contribution in [1.29, 1.82) is 0 Å². The van der Waals surface area contributed by atoms with Gasteiger partial charge in [0.2, 0.25) is 0 Å². The van der Waals surface area contributed by atoms with Gasteiger partial charge in [-0.2, -0.15) is 13.2 Å². The van der Waals surface area contributed by atoms with Crippen LogP contribution in [0.5, 0.6) is 5.75 Å². The SMILES string of the molecule is COc1cc(C=O)ccc1NCC#Cc1cc2c(NC3CCC(N4CC5(COC5)C4)CC3)cccc2n1CC(F)(F)F. The van der Waals surface area contributed by atoms with Crippen LogP contribution in [0.1, 0.15) is 41.7 Å². The summed E-state index contributed by atoms with van der Waals surface area (Å²) >= 11 is 0. The summed E-state index contributed by atoms with van der Waals surface area (Å²) in [5, 5.41) is 7.49. The van der Waals surface area contributed by atoms with Gasteiger partial charge in [0.25, 0.3) is 0 Å². The second kappa shape index (κ2) is 11.5. The Morgan fingerprint density at radius 3 is 2.55 bits per heavy atom. The number of aldehydes is 1. The molecule has 2 aliphatic heterocycles. The first kappa shape index (κ1) is 28.4. The number of aromatic nitrogens is 1. The number of nitrogens with zero attached hydrogens (tertiary/aromatic N) is 2. The molecular formula is C32H35F3N4O3. The monoisotopic (exact) mass is 580 g/mol. The predicted molar refractivity (Wildman–Crippen MR) is 156 cm³/mol. The molecule has 0 bridgehead atoms. The Morgan fingerprint density at radius 1 is 1.10 bits per heavy atom. The van der Waals surface area contributed by atoms with E-state index >= 15 is 0 Å². The molecule has 1 saturated carbocycles. The number of fused-ring (bicyclic) bond motifs is 1. The van der Waals surface area contributed by atoms with Crippen molar-refractivity contribution in [3.05, 3.63) is 53.7 Å². The maximum atomic E-state index is 13.6. The van der Waals surface area contributed by atoms with Crippen molar-refractivity contribution in [1.82, 2.24) is 9.47 Å². The Kier molecular flexibility index (Phi) is 7.81. The second-order valence-electron chi connectivity index (χ2n) is 11.7. The number of benzene rings is 2. The van der Waals surface area contributed by atoms with Gasteiger partial charge in [-0.1, -0.05) is 12.0 Å². The molecule has 3 aliphatic rings. The molecule has 1 aliphatic carbocycles. The molecule has 6 rings (SSSR count). The van der Waals surface area contributed by atoms with Gasteiger partial charge in [0, 0.05) is 47.2 Å². The van der Waals surface area contributed by atoms with E-state index < -0.39 is 12.7 Å². The Balaban J connectivity index is 1.16. The average Bonchev–Trinajstić information content (AvgIpc) is 3.27. The van der Waals surface area contributed by atoms with E-state index in [1.165, 1.54) is 11.7 Å². The predicted octanol–water partition coefficient (Wildman–Crippen LogP) is 5.54. The van der Waals surface area contributed by atoms with Crippen LogP contribution in [0, 0.1) is 17.3 Å². The van der Waals surface area contributed by atoms with Gasteiger partial charge >= 0.3 is 6.18 Å². The van der Waals surface area contributed by atoms with Gasteiger partial charge in [0.1, 0.15) is 18.6 Å². The van der Waals surface area contributed by atoms with E-state index in [4.69, 9.17) is 9.47 Å². The molecule has 0 atom stereocenters. The number of ether oxygens (including phenoxy) is 2. The summed E-state index contributed by atoms with van der Waals surface area (Å²) in [7, 11) is 1.50. The summed E-state index contributed by atoms with van der Waals surface area (Å²) in [4.78, 5) is 13.6. The highest BCUT2D eigenvalue weighted by atomic mass is 19.4. The molecule has 0 radical (unpaired) electrons. The van der Waals surface area contributed by atoms with Crippen molar-refractivity contribution in [2.75, 3.05) is 50.6 Å². The zero-order valence-corrected chi connectivity index (χ0v) is 23.6. The Morgan fingerprint density at radius 2 is 1.88 bits per heavy atom. The first-order valence-electron chi connectivity index (χ1n) is 14.4. The molecule has 2 aromatic carbocycles. The number of rotatable bonds is 8. The normalized spacial score (nSPS) is 21.6. The minimum atomic E-state index is -4.39. The number of nitrogens with one attached hydrogen (secondary N) is 2. The molecule has 3 heterocycles. The fraction of sp³-hybridized carbons (Fsp3) is 0.469. The highest BCUT2D eigenvalue weighted by molar-refractivity contribution is 5.94. The number of anilines is 2. The molecule has 7 nitrogen and oxygen atoms in total. The molecule has 1 spiro atoms. The molecule has 42 heavy (non-hydrogen) atoms. The molecule has 2 saturated heterocycles. The van der Waals surface area contributed by atoms with Crippen molar-refractivity contribution < 1.29 is 27.4 Å². The number of carbonyl (C=O) groups excluding carboxylic acids is 1. The van der Waals surface area contributed by atoms with Crippen LogP contribution >= 0.6 is 0 Å². The Labute approximate surface area is 243 Å². The lowest BCUT2D eigenvalue weighted by Crippen LogP contribution is -2.68. The van der Waals surface area contributed by atoms with Crippen molar-refractivity contribution in [3.63, 3.8) is 0 Å². The zero-order chi connectivity index (χ0) is 29.3. The van der Waals surface area contributed by atoms with Gasteiger partial charge in [-0.05, 0) is 68.0 Å². The molecule has 3 aromatic rings. The van der Waals surface area contributed by atoms with Crippen LogP contribution in [0.2, 0.25) is 0 Å². The van der Waals surface area contributed by atoms with E-state index in [2.05, 4.69) is 27.4 Å². The van der Waals surface area contributed by atoms with Crippen molar-refractivity contribution in [2.45, 2.75) is 50.5 Å². The van der Waals surface area contributed by atoms with E-state index in [-0.39, 0.29) is 12.6 Å². The van der Waals surface area contributed by atoms with Crippen LogP contribution in [-0.2, 0) is 11.3 Å². The van der Waals surface area contributed by atoms with Gasteiger partial charge in [0.15, 0.2) is 0 Å². The van der Waals surface area contributed by atoms with Gasteiger partial charge in [-0.25, -0.2) is 0 Å². The average molecular weight is 581 g/mol. The molecule has 0 amide bonds. The summed E-state index contributed by atoms with van der Waals surface area (Å²) in [6.45, 7) is 3.14. The maximum Gasteiger partial charge on any atom is 0.406 e. The lowest BCUT2D eigenvalue weighted by Gasteiger charge is -2.58. The number of hydrogen-bond donors (Lipinski definition) is 2. The summed E-state index contributed by atoms with van der Waals surface area (Å²) in [6, 6.07) is 13.1. The van der Waals surface area contributed by atoms with Crippen molar-refractivity contribution >= 4 is 28.6 Å². The Hall–Kier alpha value is -3.68. The number of halogens is 3. The Bertz CT molecular complexity index is 1500. The summed E-state index contributed by atoms with van der Waals surface area (Å²) in [6.07, 6.45) is 0.627. The zero-order valence-electron chi connectivity index (χ0n) is 23.6. The highest BCUT2D eigenvalue weighted by Gasteiger charge is 2.50. The lowest BCUT2D eigenvalue weighted by atomic mass is 9.75. The third-order valence-electron chi connectivity index (χ3n) is 8.69. The number of likely N-dealkylation sites (tertiary alicyclic amines) is 1.